The van der Waals surface area contributed by atoms with E-state index in [-0.39, 0.29) is 29.5 Å². The topological polar surface area (TPSA) is 79.9 Å². The second kappa shape index (κ2) is 10.6. The number of hydrogen-bond donors (Lipinski definition) is 2. The van der Waals surface area contributed by atoms with E-state index < -0.39 is 11.7 Å². The number of rotatable bonds is 3. The van der Waals surface area contributed by atoms with Crippen LogP contribution in [-0.4, -0.2) is 62.7 Å². The average Bonchev–Trinajstić information content (AvgIpc) is 2.78. The molecule has 0 bridgehead atoms. The summed E-state index contributed by atoms with van der Waals surface area (Å²) in [6.45, 7) is 5.56. The van der Waals surface area contributed by atoms with Crippen LogP contribution < -0.4 is 15.4 Å². The number of fused-ring (bicyclic) bond motifs is 1. The third-order valence-electron chi connectivity index (χ3n) is 5.60. The van der Waals surface area contributed by atoms with Crippen LogP contribution >= 0.6 is 0 Å². The van der Waals surface area contributed by atoms with Gasteiger partial charge in [0, 0.05) is 45.0 Å². The zero-order valence-electron chi connectivity index (χ0n) is 18.9. The predicted octanol–water partition coefficient (Wildman–Crippen LogP) is 3.17. The molecule has 7 nitrogen and oxygen atoms in total. The van der Waals surface area contributed by atoms with Gasteiger partial charge in [0.25, 0.3) is 11.8 Å². The van der Waals surface area contributed by atoms with Crippen molar-refractivity contribution in [2.24, 2.45) is 5.92 Å². The van der Waals surface area contributed by atoms with Crippen molar-refractivity contribution in [3.63, 3.8) is 0 Å². The van der Waals surface area contributed by atoms with Crippen LogP contribution in [0.2, 0.25) is 0 Å². The van der Waals surface area contributed by atoms with Crippen LogP contribution in [0.1, 0.15) is 34.6 Å². The van der Waals surface area contributed by atoms with Crippen molar-refractivity contribution in [3.8, 4) is 5.75 Å². The van der Waals surface area contributed by atoms with E-state index in [1.54, 1.807) is 43.3 Å². The lowest BCUT2D eigenvalue weighted by Gasteiger charge is -2.30. The molecular formula is C24H30FN3O4. The van der Waals surface area contributed by atoms with Gasteiger partial charge in [-0.25, -0.2) is 4.39 Å². The summed E-state index contributed by atoms with van der Waals surface area (Å²) in [4.78, 5) is 27.2. The molecule has 0 saturated carbocycles. The van der Waals surface area contributed by atoms with Crippen LogP contribution in [0, 0.1) is 11.7 Å². The zero-order valence-corrected chi connectivity index (χ0v) is 18.9. The van der Waals surface area contributed by atoms with Crippen LogP contribution in [-0.2, 0) is 4.74 Å². The molecule has 1 heterocycles. The molecule has 0 aliphatic carbocycles. The van der Waals surface area contributed by atoms with Gasteiger partial charge in [-0.3, -0.25) is 9.59 Å². The zero-order chi connectivity index (χ0) is 23.3. The molecule has 8 heteroatoms. The van der Waals surface area contributed by atoms with Gasteiger partial charge < -0.3 is 25.0 Å². The maximum absolute atomic E-state index is 13.9. The van der Waals surface area contributed by atoms with Crippen molar-refractivity contribution in [2.45, 2.75) is 26.0 Å². The number of carbonyl (C=O) groups is 2. The van der Waals surface area contributed by atoms with Crippen molar-refractivity contribution >= 4 is 17.5 Å². The number of anilines is 1. The fourth-order valence-electron chi connectivity index (χ4n) is 3.58. The van der Waals surface area contributed by atoms with Gasteiger partial charge in [0.15, 0.2) is 0 Å². The summed E-state index contributed by atoms with van der Waals surface area (Å²) in [5.41, 5.74) is 0.727. The maximum Gasteiger partial charge on any atom is 0.258 e. The second-order valence-corrected chi connectivity index (χ2v) is 8.20. The van der Waals surface area contributed by atoms with Crippen molar-refractivity contribution in [2.75, 3.05) is 39.2 Å². The number of hydrogen-bond acceptors (Lipinski definition) is 5. The third kappa shape index (κ3) is 5.63. The Morgan fingerprint density at radius 2 is 2.00 bits per heavy atom. The molecular weight excluding hydrogens is 413 g/mol. The first-order valence-corrected chi connectivity index (χ1v) is 10.6. The number of nitrogens with zero attached hydrogens (tertiary/aromatic N) is 1. The summed E-state index contributed by atoms with van der Waals surface area (Å²) >= 11 is 0. The van der Waals surface area contributed by atoms with Gasteiger partial charge in [0.1, 0.15) is 18.2 Å². The summed E-state index contributed by atoms with van der Waals surface area (Å²) in [6, 6.07) is 10.6. The highest BCUT2D eigenvalue weighted by Crippen LogP contribution is 2.26. The number of amides is 2. The van der Waals surface area contributed by atoms with Crippen LogP contribution in [0.25, 0.3) is 0 Å². The first-order chi connectivity index (χ1) is 15.3. The first kappa shape index (κ1) is 23.7. The van der Waals surface area contributed by atoms with Gasteiger partial charge in [-0.2, -0.15) is 0 Å². The summed E-state index contributed by atoms with van der Waals surface area (Å²) in [5.74, 6) is -0.836. The molecule has 1 aliphatic rings. The van der Waals surface area contributed by atoms with E-state index in [0.717, 1.165) is 6.54 Å². The van der Waals surface area contributed by atoms with E-state index in [1.807, 2.05) is 6.92 Å². The van der Waals surface area contributed by atoms with Gasteiger partial charge in [-0.1, -0.05) is 19.1 Å². The Hall–Kier alpha value is -2.97. The third-order valence-corrected chi connectivity index (χ3v) is 5.60. The van der Waals surface area contributed by atoms with Gasteiger partial charge in [0.05, 0.1) is 17.2 Å². The van der Waals surface area contributed by atoms with Crippen LogP contribution in [0.15, 0.2) is 42.5 Å². The number of halogens is 1. The quantitative estimate of drug-likeness (QED) is 0.762. The Morgan fingerprint density at radius 3 is 2.72 bits per heavy atom. The van der Waals surface area contributed by atoms with Crippen LogP contribution in [0.4, 0.5) is 10.1 Å². The summed E-state index contributed by atoms with van der Waals surface area (Å²) in [7, 11) is 3.37. The Kier molecular flexibility index (Phi) is 7.82. The molecule has 0 unspecified atom stereocenters. The van der Waals surface area contributed by atoms with Gasteiger partial charge in [0.2, 0.25) is 0 Å². The van der Waals surface area contributed by atoms with Gasteiger partial charge in [-0.05, 0) is 37.1 Å². The smallest absolute Gasteiger partial charge is 0.258 e. The van der Waals surface area contributed by atoms with Crippen molar-refractivity contribution in [1.29, 1.82) is 0 Å². The highest BCUT2D eigenvalue weighted by Gasteiger charge is 2.25. The minimum Gasteiger partial charge on any atom is -0.491 e. The highest BCUT2D eigenvalue weighted by atomic mass is 19.1. The van der Waals surface area contributed by atoms with Crippen molar-refractivity contribution in [1.82, 2.24) is 10.2 Å². The minimum atomic E-state index is -0.605. The van der Waals surface area contributed by atoms with E-state index in [1.165, 1.54) is 18.2 Å². The lowest BCUT2D eigenvalue weighted by Crippen LogP contribution is -2.44. The summed E-state index contributed by atoms with van der Waals surface area (Å²) in [6.07, 6.45) is -0.119. The molecule has 2 aromatic carbocycles. The summed E-state index contributed by atoms with van der Waals surface area (Å²) in [5, 5.41) is 6.10. The van der Waals surface area contributed by atoms with Gasteiger partial charge >= 0.3 is 0 Å². The lowest BCUT2D eigenvalue weighted by atomic mass is 10.0. The molecule has 2 aromatic rings. The predicted molar refractivity (Wildman–Crippen MR) is 121 cm³/mol. The molecule has 0 spiro atoms. The van der Waals surface area contributed by atoms with Crippen molar-refractivity contribution < 1.29 is 23.5 Å². The number of carbonyl (C=O) groups excluding carboxylic acids is 2. The fourth-order valence-corrected chi connectivity index (χ4v) is 3.58. The molecule has 0 radical (unpaired) electrons. The van der Waals surface area contributed by atoms with E-state index in [9.17, 15) is 14.0 Å². The maximum atomic E-state index is 13.9. The molecule has 172 valence electrons. The Labute approximate surface area is 187 Å². The number of likely N-dealkylation sites (N-methyl/N-ethyl adjacent to an activating group) is 1. The molecule has 0 saturated heterocycles. The SMILES string of the molecule is CO[C@@H]1CN(C)C(=O)c2ccc(NC(=O)c3ccccc3F)cc2OC[C@H](C)NC[C@@H]1C. The lowest BCUT2D eigenvalue weighted by molar-refractivity contribution is 0.0281. The molecule has 1 aliphatic heterocycles. The Balaban J connectivity index is 1.88. The molecule has 0 aromatic heterocycles. The van der Waals surface area contributed by atoms with E-state index >= 15 is 0 Å². The monoisotopic (exact) mass is 443 g/mol. The number of nitrogens with one attached hydrogen (secondary N) is 2. The summed E-state index contributed by atoms with van der Waals surface area (Å²) < 4.78 is 25.5. The van der Waals surface area contributed by atoms with E-state index in [4.69, 9.17) is 9.47 Å². The fraction of sp³-hybridized carbons (Fsp3) is 0.417. The number of benzene rings is 2. The standard InChI is InChI=1S/C24H30FN3O4/c1-15-12-26-16(2)14-32-21-11-17(27-23(29)18-7-5-6-8-20(18)25)9-10-19(21)24(30)28(3)13-22(15)31-4/h5-11,15-16,22,26H,12-14H2,1-4H3,(H,27,29)/t15-,16-,22+/m0/s1. The molecule has 2 N–H and O–H groups in total. The molecule has 2 amide bonds. The van der Waals surface area contributed by atoms with Crippen LogP contribution in [0.3, 0.4) is 0 Å². The molecule has 0 fully saturated rings. The number of ether oxygens (including phenoxy) is 2. The Bertz CT molecular complexity index is 968. The largest absolute Gasteiger partial charge is 0.491 e. The van der Waals surface area contributed by atoms with E-state index in [2.05, 4.69) is 17.6 Å². The van der Waals surface area contributed by atoms with Gasteiger partial charge in [-0.15, -0.1) is 0 Å². The Morgan fingerprint density at radius 1 is 1.25 bits per heavy atom. The minimum absolute atomic E-state index is 0.0340. The number of methoxy groups -OCH3 is 1. The van der Waals surface area contributed by atoms with E-state index in [0.29, 0.717) is 30.2 Å². The average molecular weight is 444 g/mol. The second-order valence-electron chi connectivity index (χ2n) is 8.20. The molecule has 3 atom stereocenters. The first-order valence-electron chi connectivity index (χ1n) is 10.6. The normalized spacial score (nSPS) is 22.2. The molecule has 32 heavy (non-hydrogen) atoms. The van der Waals surface area contributed by atoms with Crippen molar-refractivity contribution in [3.05, 3.63) is 59.4 Å². The highest BCUT2D eigenvalue weighted by molar-refractivity contribution is 6.05. The molecule has 3 rings (SSSR count). The van der Waals surface area contributed by atoms with Crippen LogP contribution in [0.5, 0.6) is 5.75 Å².